The lowest BCUT2D eigenvalue weighted by atomic mass is 9.93. The fourth-order valence-electron chi connectivity index (χ4n) is 5.85. The first-order chi connectivity index (χ1) is 21.3. The summed E-state index contributed by atoms with van der Waals surface area (Å²) >= 11 is 0. The number of ether oxygens (including phenoxy) is 6. The van der Waals surface area contributed by atoms with Crippen molar-refractivity contribution in [2.75, 3.05) is 55.7 Å². The summed E-state index contributed by atoms with van der Waals surface area (Å²) in [5.74, 6) is 3.30. The van der Waals surface area contributed by atoms with E-state index in [1.807, 2.05) is 6.07 Å². The van der Waals surface area contributed by atoms with Crippen LogP contribution in [0.4, 0.5) is 0 Å². The molecule has 12 heteroatoms. The monoisotopic (exact) mass is 625 g/mol. The van der Waals surface area contributed by atoms with Gasteiger partial charge in [0.1, 0.15) is 46.6 Å². The van der Waals surface area contributed by atoms with Crippen LogP contribution in [0.1, 0.15) is 48.0 Å². The second-order valence-electron chi connectivity index (χ2n) is 10.4. The summed E-state index contributed by atoms with van der Waals surface area (Å²) in [5.41, 5.74) is 1.67. The molecule has 2 aliphatic heterocycles. The highest BCUT2D eigenvalue weighted by Gasteiger charge is 2.49. The van der Waals surface area contributed by atoms with E-state index < -0.39 is 22.3 Å². The van der Waals surface area contributed by atoms with Gasteiger partial charge in [-0.25, -0.2) is 4.31 Å². The Morgan fingerprint density at radius 2 is 1.14 bits per heavy atom. The van der Waals surface area contributed by atoms with Gasteiger partial charge in [-0.3, -0.25) is 4.99 Å². The number of methoxy groups -OCH3 is 6. The maximum atomic E-state index is 14.9. The molecule has 2 aliphatic rings. The van der Waals surface area contributed by atoms with Crippen molar-refractivity contribution in [3.05, 3.63) is 71.3 Å². The Hall–Kier alpha value is -4.16. The van der Waals surface area contributed by atoms with Gasteiger partial charge in [-0.05, 0) is 67.4 Å². The number of hydrogen-bond acceptors (Lipinski definition) is 9. The first-order valence-corrected chi connectivity index (χ1v) is 15.7. The summed E-state index contributed by atoms with van der Waals surface area (Å²) in [6.07, 6.45) is 2.50. The third-order valence-corrected chi connectivity index (χ3v) is 9.99. The van der Waals surface area contributed by atoms with Crippen LogP contribution in [0.3, 0.4) is 0 Å². The van der Waals surface area contributed by atoms with Gasteiger partial charge in [0.2, 0.25) is 0 Å². The number of aliphatic imine (C=N–C) groups is 1. The van der Waals surface area contributed by atoms with Gasteiger partial charge in [-0.1, -0.05) is 6.42 Å². The summed E-state index contributed by atoms with van der Waals surface area (Å²) in [7, 11) is 5.20. The van der Waals surface area contributed by atoms with Crippen LogP contribution in [0, 0.1) is 0 Å². The lowest BCUT2D eigenvalue weighted by Gasteiger charge is -2.36. The maximum absolute atomic E-state index is 14.9. The zero-order valence-corrected chi connectivity index (χ0v) is 26.7. The molecule has 3 aromatic carbocycles. The zero-order chi connectivity index (χ0) is 31.4. The average Bonchev–Trinajstić information content (AvgIpc) is 3.48. The fraction of sp³-hybridized carbons (Fsp3) is 0.406. The van der Waals surface area contributed by atoms with Gasteiger partial charge in [-0.15, -0.1) is 0 Å². The summed E-state index contributed by atoms with van der Waals surface area (Å²) < 4.78 is 66.8. The minimum absolute atomic E-state index is 0.205. The number of amidine groups is 1. The molecule has 1 saturated heterocycles. The fourth-order valence-corrected chi connectivity index (χ4v) is 7.69. The van der Waals surface area contributed by atoms with Gasteiger partial charge >= 0.3 is 10.2 Å². The zero-order valence-electron chi connectivity index (χ0n) is 25.9. The van der Waals surface area contributed by atoms with Crippen molar-refractivity contribution in [2.24, 2.45) is 4.99 Å². The van der Waals surface area contributed by atoms with Crippen molar-refractivity contribution in [3.63, 3.8) is 0 Å². The number of benzene rings is 3. The molecule has 0 saturated carbocycles. The third kappa shape index (κ3) is 5.71. The normalized spacial score (nSPS) is 18.9. The number of piperidine rings is 1. The molecular formula is C32H39N3O8S. The average molecular weight is 626 g/mol. The number of nitrogens with zero attached hydrogens (tertiary/aromatic N) is 3. The van der Waals surface area contributed by atoms with Crippen molar-refractivity contribution in [1.29, 1.82) is 0 Å². The Labute approximate surface area is 259 Å². The van der Waals surface area contributed by atoms with E-state index >= 15 is 0 Å². The summed E-state index contributed by atoms with van der Waals surface area (Å²) in [6.45, 7) is 0.799. The highest BCUT2D eigenvalue weighted by atomic mass is 32.2. The number of rotatable bonds is 11. The van der Waals surface area contributed by atoms with Crippen LogP contribution >= 0.6 is 0 Å². The Kier molecular flexibility index (Phi) is 9.40. The lowest BCUT2D eigenvalue weighted by molar-refractivity contribution is 0.305. The van der Waals surface area contributed by atoms with E-state index in [4.69, 9.17) is 33.4 Å². The van der Waals surface area contributed by atoms with Gasteiger partial charge in [0.05, 0.1) is 48.2 Å². The predicted molar refractivity (Wildman–Crippen MR) is 167 cm³/mol. The Morgan fingerprint density at radius 3 is 1.68 bits per heavy atom. The molecule has 0 aromatic heterocycles. The molecule has 0 unspecified atom stereocenters. The summed E-state index contributed by atoms with van der Waals surface area (Å²) in [6, 6.07) is 14.3. The topological polar surface area (TPSA) is 108 Å². The lowest BCUT2D eigenvalue weighted by Crippen LogP contribution is -2.48. The molecule has 5 rings (SSSR count). The molecule has 44 heavy (non-hydrogen) atoms. The molecule has 3 aromatic rings. The Morgan fingerprint density at radius 1 is 0.636 bits per heavy atom. The van der Waals surface area contributed by atoms with Gasteiger partial charge < -0.3 is 28.4 Å². The molecule has 0 amide bonds. The molecule has 2 atom stereocenters. The van der Waals surface area contributed by atoms with Crippen molar-refractivity contribution in [3.8, 4) is 34.5 Å². The molecule has 1 fully saturated rings. The largest absolute Gasteiger partial charge is 0.497 e. The molecule has 2 heterocycles. The van der Waals surface area contributed by atoms with Gasteiger partial charge in [0.25, 0.3) is 0 Å². The van der Waals surface area contributed by atoms with Crippen LogP contribution in [0.15, 0.2) is 59.6 Å². The predicted octanol–water partition coefficient (Wildman–Crippen LogP) is 5.01. The molecule has 0 N–H and O–H groups in total. The van der Waals surface area contributed by atoms with E-state index in [1.54, 1.807) is 84.1 Å². The van der Waals surface area contributed by atoms with Crippen LogP contribution in [-0.2, 0) is 10.2 Å². The molecule has 0 spiro atoms. The smallest absolute Gasteiger partial charge is 0.305 e. The Balaban J connectivity index is 1.86. The molecule has 236 valence electrons. The summed E-state index contributed by atoms with van der Waals surface area (Å²) in [5, 5.41) is 0. The van der Waals surface area contributed by atoms with Gasteiger partial charge in [0, 0.05) is 24.2 Å². The molecular weight excluding hydrogens is 586 g/mol. The highest BCUT2D eigenvalue weighted by Crippen LogP contribution is 2.52. The SMILES string of the molecule is COc1ccc(OC)c(C2=N[C@@H](c3cc(OC)ccc3OC)[C@@H](c3cc(OC)ccc3OC)N2S(=O)(=O)N2CCCCC2)c1. The summed E-state index contributed by atoms with van der Waals surface area (Å²) in [4.78, 5) is 5.20. The molecule has 0 radical (unpaired) electrons. The van der Waals surface area contributed by atoms with E-state index in [-0.39, 0.29) is 5.84 Å². The van der Waals surface area contributed by atoms with Crippen molar-refractivity contribution >= 4 is 16.0 Å². The molecule has 11 nitrogen and oxygen atoms in total. The van der Waals surface area contributed by atoms with E-state index in [9.17, 15) is 8.42 Å². The van der Waals surface area contributed by atoms with Crippen molar-refractivity contribution < 1.29 is 36.8 Å². The molecule has 0 bridgehead atoms. The number of hydrogen-bond donors (Lipinski definition) is 0. The van der Waals surface area contributed by atoms with Crippen molar-refractivity contribution in [1.82, 2.24) is 8.61 Å². The van der Waals surface area contributed by atoms with E-state index in [2.05, 4.69) is 0 Å². The van der Waals surface area contributed by atoms with E-state index in [1.165, 1.54) is 15.7 Å². The van der Waals surface area contributed by atoms with Crippen LogP contribution < -0.4 is 28.4 Å². The second-order valence-corrected chi connectivity index (χ2v) is 12.2. The standard InChI is InChI=1S/C32H39N3O8S/c1-38-21-10-13-27(41-4)24(18-21)30-31(25-19-22(39-2)11-14-28(25)42-5)35(44(36,37)34-16-8-7-9-17-34)32(33-30)26-20-23(40-3)12-15-29(26)43-6/h10-15,18-20,30-31H,7-9,16-17H2,1-6H3/t30-,31+/m0/s1. The van der Waals surface area contributed by atoms with Crippen molar-refractivity contribution in [2.45, 2.75) is 31.3 Å². The van der Waals surface area contributed by atoms with E-state index in [0.29, 0.717) is 64.3 Å². The van der Waals surface area contributed by atoms with Crippen LogP contribution in [0.25, 0.3) is 0 Å². The minimum atomic E-state index is -4.15. The maximum Gasteiger partial charge on any atom is 0.305 e. The van der Waals surface area contributed by atoms with Crippen LogP contribution in [0.2, 0.25) is 0 Å². The van der Waals surface area contributed by atoms with E-state index in [0.717, 1.165) is 19.3 Å². The van der Waals surface area contributed by atoms with Crippen LogP contribution in [0.5, 0.6) is 34.5 Å². The first-order valence-electron chi connectivity index (χ1n) is 14.3. The van der Waals surface area contributed by atoms with Gasteiger partial charge in [0.15, 0.2) is 5.84 Å². The highest BCUT2D eigenvalue weighted by molar-refractivity contribution is 7.87. The quantitative estimate of drug-likeness (QED) is 0.293. The second kappa shape index (κ2) is 13.2. The third-order valence-electron chi connectivity index (χ3n) is 8.07. The minimum Gasteiger partial charge on any atom is -0.497 e. The van der Waals surface area contributed by atoms with Crippen LogP contribution in [-0.4, -0.2) is 78.6 Å². The van der Waals surface area contributed by atoms with Gasteiger partial charge in [-0.2, -0.15) is 12.7 Å². The first kappa shape index (κ1) is 31.3. The molecule has 0 aliphatic carbocycles. The Bertz CT molecular complexity index is 1620.